The molecule has 1 aliphatic heterocycles. The summed E-state index contributed by atoms with van der Waals surface area (Å²) in [5, 5.41) is 12.3. The Morgan fingerprint density at radius 2 is 1.88 bits per heavy atom. The van der Waals surface area contributed by atoms with Crippen LogP contribution < -0.4 is 5.32 Å². The SMILES string of the molecule is Cc1sc(NC(=O)CN2C(=O)[C@H]3CC=CC[C@H]3C2=O)c(C#N)c1C. The summed E-state index contributed by atoms with van der Waals surface area (Å²) in [7, 11) is 0. The van der Waals surface area contributed by atoms with Crippen molar-refractivity contribution in [1.82, 2.24) is 4.90 Å². The first-order valence-electron chi connectivity index (χ1n) is 7.74. The van der Waals surface area contributed by atoms with Crippen LogP contribution in [0.5, 0.6) is 0 Å². The maximum atomic E-state index is 12.4. The van der Waals surface area contributed by atoms with Gasteiger partial charge >= 0.3 is 0 Å². The molecule has 1 aromatic rings. The fourth-order valence-electron chi connectivity index (χ4n) is 3.18. The lowest BCUT2D eigenvalue weighted by Crippen LogP contribution is -2.38. The van der Waals surface area contributed by atoms with Gasteiger partial charge in [-0.1, -0.05) is 12.2 Å². The highest BCUT2D eigenvalue weighted by molar-refractivity contribution is 7.16. The van der Waals surface area contributed by atoms with Crippen LogP contribution in [0.15, 0.2) is 12.2 Å². The Hall–Kier alpha value is -2.46. The van der Waals surface area contributed by atoms with Crippen LogP contribution in [0.1, 0.15) is 28.8 Å². The number of nitrogens with one attached hydrogen (secondary N) is 1. The predicted molar refractivity (Wildman–Crippen MR) is 89.2 cm³/mol. The number of likely N-dealkylation sites (tertiary alicyclic amines) is 1. The van der Waals surface area contributed by atoms with Crippen LogP contribution in [0.25, 0.3) is 0 Å². The maximum Gasteiger partial charge on any atom is 0.245 e. The van der Waals surface area contributed by atoms with E-state index in [1.165, 1.54) is 11.3 Å². The van der Waals surface area contributed by atoms with Gasteiger partial charge in [-0.15, -0.1) is 11.3 Å². The molecule has 3 amide bonds. The highest BCUT2D eigenvalue weighted by Gasteiger charge is 2.47. The number of nitriles is 1. The van der Waals surface area contributed by atoms with Gasteiger partial charge in [0.1, 0.15) is 17.6 Å². The molecule has 24 heavy (non-hydrogen) atoms. The summed E-state index contributed by atoms with van der Waals surface area (Å²) < 4.78 is 0. The van der Waals surface area contributed by atoms with Crippen molar-refractivity contribution in [3.05, 3.63) is 28.2 Å². The molecular formula is C17H17N3O3S. The first kappa shape index (κ1) is 16.4. The van der Waals surface area contributed by atoms with Crippen molar-refractivity contribution in [2.24, 2.45) is 11.8 Å². The third-order valence-corrected chi connectivity index (χ3v) is 5.77. The molecule has 2 aliphatic rings. The van der Waals surface area contributed by atoms with Crippen molar-refractivity contribution in [1.29, 1.82) is 5.26 Å². The van der Waals surface area contributed by atoms with Crippen molar-refractivity contribution >= 4 is 34.1 Å². The van der Waals surface area contributed by atoms with Gasteiger partial charge in [-0.25, -0.2) is 0 Å². The van der Waals surface area contributed by atoms with E-state index >= 15 is 0 Å². The minimum Gasteiger partial charge on any atom is -0.315 e. The van der Waals surface area contributed by atoms with E-state index < -0.39 is 5.91 Å². The normalized spacial score (nSPS) is 22.5. The Bertz CT molecular complexity index is 777. The molecule has 0 aromatic carbocycles. The minimum atomic E-state index is -0.457. The van der Waals surface area contributed by atoms with Gasteiger partial charge in [-0.2, -0.15) is 5.26 Å². The van der Waals surface area contributed by atoms with Gasteiger partial charge in [-0.3, -0.25) is 19.3 Å². The predicted octanol–water partition coefficient (Wildman–Crippen LogP) is 2.13. The van der Waals surface area contributed by atoms with E-state index in [4.69, 9.17) is 0 Å². The number of carbonyl (C=O) groups is 3. The van der Waals surface area contributed by atoms with E-state index in [1.807, 2.05) is 26.0 Å². The second kappa shape index (κ2) is 6.21. The van der Waals surface area contributed by atoms with Gasteiger partial charge in [0.2, 0.25) is 17.7 Å². The smallest absolute Gasteiger partial charge is 0.245 e. The van der Waals surface area contributed by atoms with Crippen molar-refractivity contribution in [3.63, 3.8) is 0 Å². The molecule has 0 saturated carbocycles. The number of amides is 3. The number of imide groups is 1. The van der Waals surface area contributed by atoms with Crippen LogP contribution in [0.3, 0.4) is 0 Å². The van der Waals surface area contributed by atoms with E-state index in [1.54, 1.807) is 0 Å². The molecule has 0 bridgehead atoms. The number of anilines is 1. The third kappa shape index (κ3) is 2.63. The molecule has 124 valence electrons. The monoisotopic (exact) mass is 343 g/mol. The third-order valence-electron chi connectivity index (χ3n) is 4.65. The maximum absolute atomic E-state index is 12.4. The van der Waals surface area contributed by atoms with Crippen molar-refractivity contribution in [3.8, 4) is 6.07 Å². The fraction of sp³-hybridized carbons (Fsp3) is 0.412. The zero-order valence-corrected chi connectivity index (χ0v) is 14.3. The number of thiophene rings is 1. The first-order valence-corrected chi connectivity index (χ1v) is 8.55. The second-order valence-electron chi connectivity index (χ2n) is 6.07. The lowest BCUT2D eigenvalue weighted by Gasteiger charge is -2.14. The summed E-state index contributed by atoms with van der Waals surface area (Å²) in [6.07, 6.45) is 4.92. The number of rotatable bonds is 3. The van der Waals surface area contributed by atoms with Crippen LogP contribution >= 0.6 is 11.3 Å². The van der Waals surface area contributed by atoms with E-state index in [9.17, 15) is 19.6 Å². The average Bonchev–Trinajstić information content (AvgIpc) is 2.96. The summed E-state index contributed by atoms with van der Waals surface area (Å²) in [6.45, 7) is 3.40. The standard InChI is InChI=1S/C17H17N3O3S/c1-9-10(2)24-15(13(9)7-18)19-14(21)8-20-16(22)11-5-3-4-6-12(11)17(20)23/h3-4,11-12H,5-6,8H2,1-2H3,(H,19,21)/t11-,12+. The number of nitrogens with zero attached hydrogens (tertiary/aromatic N) is 2. The van der Waals surface area contributed by atoms with E-state index in [0.29, 0.717) is 23.4 Å². The topological polar surface area (TPSA) is 90.3 Å². The number of carbonyl (C=O) groups excluding carboxylic acids is 3. The Labute approximate surface area is 143 Å². The number of hydrogen-bond donors (Lipinski definition) is 1. The molecule has 1 aliphatic carbocycles. The van der Waals surface area contributed by atoms with E-state index in [2.05, 4.69) is 11.4 Å². The van der Waals surface area contributed by atoms with E-state index in [-0.39, 0.29) is 30.2 Å². The lowest BCUT2D eigenvalue weighted by molar-refractivity contribution is -0.142. The average molecular weight is 343 g/mol. The van der Waals surface area contributed by atoms with Crippen LogP contribution in [0.4, 0.5) is 5.00 Å². The van der Waals surface area contributed by atoms with Gasteiger partial charge in [0.25, 0.3) is 0 Å². The molecule has 0 spiro atoms. The molecule has 1 aromatic heterocycles. The van der Waals surface area contributed by atoms with Crippen LogP contribution in [-0.4, -0.2) is 29.2 Å². The summed E-state index contributed by atoms with van der Waals surface area (Å²) in [5.41, 5.74) is 1.27. The Morgan fingerprint density at radius 1 is 1.29 bits per heavy atom. The first-order chi connectivity index (χ1) is 11.4. The molecule has 1 fully saturated rings. The number of allylic oxidation sites excluding steroid dienone is 2. The molecule has 7 heteroatoms. The van der Waals surface area contributed by atoms with Crippen molar-refractivity contribution in [2.45, 2.75) is 26.7 Å². The summed E-state index contributed by atoms with van der Waals surface area (Å²) in [6, 6.07) is 2.08. The largest absolute Gasteiger partial charge is 0.315 e. The Kier molecular flexibility index (Phi) is 4.24. The number of hydrogen-bond acceptors (Lipinski definition) is 5. The molecule has 3 rings (SSSR count). The van der Waals surface area contributed by atoms with Crippen LogP contribution in [-0.2, 0) is 14.4 Å². The number of aryl methyl sites for hydroxylation is 1. The fourth-order valence-corrected chi connectivity index (χ4v) is 4.21. The lowest BCUT2D eigenvalue weighted by atomic mass is 9.85. The number of fused-ring (bicyclic) bond motifs is 1. The van der Waals surface area contributed by atoms with E-state index in [0.717, 1.165) is 15.3 Å². The molecule has 2 heterocycles. The molecular weight excluding hydrogens is 326 g/mol. The summed E-state index contributed by atoms with van der Waals surface area (Å²) >= 11 is 1.32. The highest BCUT2D eigenvalue weighted by Crippen LogP contribution is 2.35. The molecule has 0 unspecified atom stereocenters. The van der Waals surface area contributed by atoms with Gasteiger partial charge in [0.15, 0.2) is 0 Å². The van der Waals surface area contributed by atoms with Crippen molar-refractivity contribution < 1.29 is 14.4 Å². The highest BCUT2D eigenvalue weighted by atomic mass is 32.1. The molecule has 1 N–H and O–H groups in total. The Morgan fingerprint density at radius 3 is 2.42 bits per heavy atom. The summed E-state index contributed by atoms with van der Waals surface area (Å²) in [5.74, 6) is -1.68. The molecule has 0 radical (unpaired) electrons. The van der Waals surface area contributed by atoms with Gasteiger partial charge in [0, 0.05) is 4.88 Å². The van der Waals surface area contributed by atoms with Gasteiger partial charge < -0.3 is 5.32 Å². The molecule has 2 atom stereocenters. The Balaban J connectivity index is 1.72. The van der Waals surface area contributed by atoms with Crippen LogP contribution in [0, 0.1) is 37.0 Å². The van der Waals surface area contributed by atoms with Crippen molar-refractivity contribution in [2.75, 3.05) is 11.9 Å². The zero-order chi connectivity index (χ0) is 17.4. The quantitative estimate of drug-likeness (QED) is 0.672. The second-order valence-corrected chi connectivity index (χ2v) is 7.29. The molecule has 1 saturated heterocycles. The molecule has 6 nitrogen and oxygen atoms in total. The summed E-state index contributed by atoms with van der Waals surface area (Å²) in [4.78, 5) is 39.0. The minimum absolute atomic E-state index is 0.274. The van der Waals surface area contributed by atoms with Gasteiger partial charge in [-0.05, 0) is 32.3 Å². The van der Waals surface area contributed by atoms with Gasteiger partial charge in [0.05, 0.1) is 17.4 Å². The van der Waals surface area contributed by atoms with Crippen LogP contribution in [0.2, 0.25) is 0 Å². The zero-order valence-electron chi connectivity index (χ0n) is 13.5.